The lowest BCUT2D eigenvalue weighted by atomic mass is 10.3. The average Bonchev–Trinajstić information content (AvgIpc) is 2.74. The fraction of sp³-hybridized carbons (Fsp3) is 0.455. The number of hydrogen-bond acceptors (Lipinski definition) is 4. The Morgan fingerprint density at radius 1 is 1.47 bits per heavy atom. The Kier molecular flexibility index (Phi) is 2.72. The largest absolute Gasteiger partial charge is 0.473 e. The second kappa shape index (κ2) is 4.18. The molecule has 0 radical (unpaired) electrons. The summed E-state index contributed by atoms with van der Waals surface area (Å²) >= 11 is 0. The van der Waals surface area contributed by atoms with Crippen molar-refractivity contribution in [2.45, 2.75) is 31.8 Å². The normalized spacial score (nSPS) is 16.2. The van der Waals surface area contributed by atoms with Gasteiger partial charge in [-0.05, 0) is 31.7 Å². The quantitative estimate of drug-likeness (QED) is 0.796. The minimum Gasteiger partial charge on any atom is -0.473 e. The van der Waals surface area contributed by atoms with E-state index in [1.54, 1.807) is 6.07 Å². The molecule has 0 atom stereocenters. The van der Waals surface area contributed by atoms with Gasteiger partial charge in [-0.15, -0.1) is 0 Å². The number of aromatic nitrogens is 1. The van der Waals surface area contributed by atoms with Gasteiger partial charge in [-0.25, -0.2) is 4.98 Å². The lowest BCUT2D eigenvalue weighted by Gasteiger charge is -2.13. The van der Waals surface area contributed by atoms with E-state index in [-0.39, 0.29) is 6.10 Å². The summed E-state index contributed by atoms with van der Waals surface area (Å²) in [6.07, 6.45) is 6.29. The molecule has 0 amide bonds. The predicted molar refractivity (Wildman–Crippen MR) is 56.2 cm³/mol. The number of anilines is 1. The van der Waals surface area contributed by atoms with Crippen LogP contribution in [0.1, 0.15) is 31.2 Å². The van der Waals surface area contributed by atoms with Gasteiger partial charge >= 0.3 is 0 Å². The van der Waals surface area contributed by atoms with Crippen molar-refractivity contribution in [3.63, 3.8) is 0 Å². The van der Waals surface area contributed by atoms with Crippen molar-refractivity contribution < 1.29 is 4.74 Å². The number of hydrogen-bond donors (Lipinski definition) is 1. The van der Waals surface area contributed by atoms with Crippen molar-refractivity contribution >= 4 is 5.69 Å². The van der Waals surface area contributed by atoms with E-state index in [9.17, 15) is 0 Å². The first kappa shape index (κ1) is 9.78. The molecule has 2 rings (SSSR count). The van der Waals surface area contributed by atoms with Crippen molar-refractivity contribution in [2.75, 3.05) is 5.73 Å². The van der Waals surface area contributed by atoms with Crippen molar-refractivity contribution in [3.8, 4) is 11.9 Å². The highest BCUT2D eigenvalue weighted by Crippen LogP contribution is 2.26. The smallest absolute Gasteiger partial charge is 0.237 e. The second-order valence-corrected chi connectivity index (χ2v) is 3.75. The molecule has 4 nitrogen and oxygen atoms in total. The number of nitrogens with two attached hydrogens (primary N) is 1. The van der Waals surface area contributed by atoms with E-state index in [1.807, 2.05) is 6.07 Å². The summed E-state index contributed by atoms with van der Waals surface area (Å²) in [5.74, 6) is 0.459. The summed E-state index contributed by atoms with van der Waals surface area (Å²) in [4.78, 5) is 4.04. The van der Waals surface area contributed by atoms with Gasteiger partial charge in [-0.3, -0.25) is 0 Å². The minimum atomic E-state index is 0.243. The zero-order valence-corrected chi connectivity index (χ0v) is 8.44. The average molecular weight is 203 g/mol. The van der Waals surface area contributed by atoms with Gasteiger partial charge in [0.1, 0.15) is 12.2 Å². The summed E-state index contributed by atoms with van der Waals surface area (Å²) in [5, 5.41) is 8.65. The first-order valence-electron chi connectivity index (χ1n) is 5.12. The summed E-state index contributed by atoms with van der Waals surface area (Å²) < 4.78 is 5.66. The predicted octanol–water partition coefficient (Wildman–Crippen LogP) is 1.86. The fourth-order valence-corrected chi connectivity index (χ4v) is 1.79. The van der Waals surface area contributed by atoms with Gasteiger partial charge in [0.05, 0.1) is 11.3 Å². The molecular formula is C11H13N3O. The molecule has 0 aliphatic heterocycles. The lowest BCUT2D eigenvalue weighted by Crippen LogP contribution is -2.13. The fourth-order valence-electron chi connectivity index (χ4n) is 1.79. The van der Waals surface area contributed by atoms with E-state index in [1.165, 1.54) is 19.0 Å². The van der Waals surface area contributed by atoms with Gasteiger partial charge in [0.2, 0.25) is 5.88 Å². The van der Waals surface area contributed by atoms with Crippen LogP contribution in [0.15, 0.2) is 12.3 Å². The number of nitrogens with zero attached hydrogens (tertiary/aromatic N) is 2. The van der Waals surface area contributed by atoms with Crippen molar-refractivity contribution in [3.05, 3.63) is 17.8 Å². The summed E-state index contributed by atoms with van der Waals surface area (Å²) in [6.45, 7) is 0. The third-order valence-electron chi connectivity index (χ3n) is 2.59. The SMILES string of the molecule is N#Cc1cnc(OC2CCCC2)c(N)c1. The van der Waals surface area contributed by atoms with Gasteiger partial charge < -0.3 is 10.5 Å². The van der Waals surface area contributed by atoms with Crippen LogP contribution in [0.25, 0.3) is 0 Å². The van der Waals surface area contributed by atoms with Crippen LogP contribution in [0.2, 0.25) is 0 Å². The first-order valence-corrected chi connectivity index (χ1v) is 5.12. The Labute approximate surface area is 88.7 Å². The standard InChI is InChI=1S/C11H13N3O/c12-6-8-5-10(13)11(14-7-8)15-9-3-1-2-4-9/h5,7,9H,1-4,13H2. The molecule has 0 unspecified atom stereocenters. The van der Waals surface area contributed by atoms with Crippen LogP contribution in [0.5, 0.6) is 5.88 Å². The molecule has 1 aromatic rings. The monoisotopic (exact) mass is 203 g/mol. The highest BCUT2D eigenvalue weighted by molar-refractivity contribution is 5.52. The van der Waals surface area contributed by atoms with Crippen LogP contribution >= 0.6 is 0 Å². The van der Waals surface area contributed by atoms with E-state index in [0.29, 0.717) is 17.1 Å². The molecule has 15 heavy (non-hydrogen) atoms. The molecule has 1 aromatic heterocycles. The van der Waals surface area contributed by atoms with E-state index in [0.717, 1.165) is 12.8 Å². The highest BCUT2D eigenvalue weighted by Gasteiger charge is 2.18. The van der Waals surface area contributed by atoms with Gasteiger partial charge in [0.25, 0.3) is 0 Å². The summed E-state index contributed by atoms with van der Waals surface area (Å²) in [7, 11) is 0. The molecular weight excluding hydrogens is 190 g/mol. The Hall–Kier alpha value is -1.76. The Morgan fingerprint density at radius 3 is 2.80 bits per heavy atom. The van der Waals surface area contributed by atoms with Crippen molar-refractivity contribution in [1.82, 2.24) is 4.98 Å². The number of nitrogen functional groups attached to an aromatic ring is 1. The minimum absolute atomic E-state index is 0.243. The Bertz CT molecular complexity index is 391. The van der Waals surface area contributed by atoms with Gasteiger partial charge in [0.15, 0.2) is 0 Å². The van der Waals surface area contributed by atoms with Gasteiger partial charge in [-0.1, -0.05) is 0 Å². The number of ether oxygens (including phenoxy) is 1. The molecule has 1 aliphatic carbocycles. The molecule has 4 heteroatoms. The van der Waals surface area contributed by atoms with Crippen LogP contribution in [0.3, 0.4) is 0 Å². The first-order chi connectivity index (χ1) is 7.29. The van der Waals surface area contributed by atoms with Crippen LogP contribution in [-0.2, 0) is 0 Å². The summed E-state index contributed by atoms with van der Waals surface area (Å²) in [6, 6.07) is 3.59. The number of pyridine rings is 1. The van der Waals surface area contributed by atoms with E-state index < -0.39 is 0 Å². The molecule has 0 spiro atoms. The van der Waals surface area contributed by atoms with Gasteiger partial charge in [-0.2, -0.15) is 5.26 Å². The van der Waals surface area contributed by atoms with Crippen molar-refractivity contribution in [2.24, 2.45) is 0 Å². The zero-order valence-electron chi connectivity index (χ0n) is 8.44. The van der Waals surface area contributed by atoms with Crippen LogP contribution in [0, 0.1) is 11.3 Å². The third-order valence-corrected chi connectivity index (χ3v) is 2.59. The van der Waals surface area contributed by atoms with Crippen LogP contribution in [-0.4, -0.2) is 11.1 Å². The zero-order chi connectivity index (χ0) is 10.7. The van der Waals surface area contributed by atoms with Crippen LogP contribution in [0.4, 0.5) is 5.69 Å². The number of rotatable bonds is 2. The molecule has 78 valence electrons. The summed E-state index contributed by atoms with van der Waals surface area (Å²) in [5.41, 5.74) is 6.65. The van der Waals surface area contributed by atoms with Crippen molar-refractivity contribution in [1.29, 1.82) is 5.26 Å². The highest BCUT2D eigenvalue weighted by atomic mass is 16.5. The maximum Gasteiger partial charge on any atom is 0.237 e. The van der Waals surface area contributed by atoms with Gasteiger partial charge in [0, 0.05) is 6.20 Å². The maximum absolute atomic E-state index is 8.65. The maximum atomic E-state index is 8.65. The van der Waals surface area contributed by atoms with E-state index in [4.69, 9.17) is 15.7 Å². The molecule has 2 N–H and O–H groups in total. The van der Waals surface area contributed by atoms with E-state index in [2.05, 4.69) is 4.98 Å². The molecule has 1 aliphatic rings. The number of nitriles is 1. The molecule has 1 fully saturated rings. The van der Waals surface area contributed by atoms with E-state index >= 15 is 0 Å². The molecule has 1 saturated carbocycles. The lowest BCUT2D eigenvalue weighted by molar-refractivity contribution is 0.203. The van der Waals surface area contributed by atoms with Crippen LogP contribution < -0.4 is 10.5 Å². The third kappa shape index (κ3) is 2.18. The Morgan fingerprint density at radius 2 is 2.20 bits per heavy atom. The Balaban J connectivity index is 2.11. The molecule has 1 heterocycles. The molecule has 0 bridgehead atoms. The second-order valence-electron chi connectivity index (χ2n) is 3.75. The topological polar surface area (TPSA) is 71.9 Å². The molecule has 0 saturated heterocycles. The molecule has 0 aromatic carbocycles.